The highest BCUT2D eigenvalue weighted by atomic mass is 28.3. The zero-order valence-electron chi connectivity index (χ0n) is 28.7. The first-order chi connectivity index (χ1) is 19.8. The molecule has 0 spiro atoms. The molecule has 0 aromatic heterocycles. The Labute approximate surface area is 267 Å². The van der Waals surface area contributed by atoms with Crippen molar-refractivity contribution in [2.75, 3.05) is 13.2 Å². The SMILES string of the molecule is C=CCOc1c([Si](C)(C)C=C)cc(C(C)(C)c2cc([Si](C)(C)C=C)c(OCC=C)c([Si](C)(C)C=C)c2)cc1[Si](C)(C)C=C. The molecule has 2 rings (SSSR count). The molecule has 0 fully saturated rings. The van der Waals surface area contributed by atoms with Gasteiger partial charge in [-0.25, -0.2) is 0 Å². The molecule has 0 amide bonds. The van der Waals surface area contributed by atoms with E-state index in [0.717, 1.165) is 11.5 Å². The lowest BCUT2D eigenvalue weighted by molar-refractivity contribution is 0.368. The van der Waals surface area contributed by atoms with Crippen molar-refractivity contribution in [1.82, 2.24) is 0 Å². The highest BCUT2D eigenvalue weighted by Crippen LogP contribution is 2.35. The number of hydrogen-bond donors (Lipinski definition) is 0. The van der Waals surface area contributed by atoms with Crippen LogP contribution in [-0.2, 0) is 5.41 Å². The zero-order chi connectivity index (χ0) is 33.0. The molecule has 232 valence electrons. The maximum Gasteiger partial charge on any atom is 0.119 e. The molecule has 0 aliphatic rings. The summed E-state index contributed by atoms with van der Waals surface area (Å²) >= 11 is 0. The van der Waals surface area contributed by atoms with Gasteiger partial charge in [0.05, 0.1) is 0 Å². The summed E-state index contributed by atoms with van der Waals surface area (Å²) in [6.45, 7) is 49.3. The second-order valence-electron chi connectivity index (χ2n) is 14.3. The molecule has 0 aliphatic heterocycles. The van der Waals surface area contributed by atoms with Crippen molar-refractivity contribution in [3.63, 3.8) is 0 Å². The van der Waals surface area contributed by atoms with E-state index in [-0.39, 0.29) is 5.41 Å². The first-order valence-corrected chi connectivity index (χ1v) is 27.5. The van der Waals surface area contributed by atoms with Crippen LogP contribution in [0, 0.1) is 0 Å². The Kier molecular flexibility index (Phi) is 11.5. The minimum Gasteiger partial charge on any atom is -0.490 e. The summed E-state index contributed by atoms with van der Waals surface area (Å²) in [6.07, 6.45) is 3.65. The third-order valence-corrected chi connectivity index (χ3v) is 20.3. The van der Waals surface area contributed by atoms with Crippen molar-refractivity contribution in [3.05, 3.63) is 110 Å². The minimum atomic E-state index is -2.05. The maximum absolute atomic E-state index is 6.50. The third kappa shape index (κ3) is 7.53. The van der Waals surface area contributed by atoms with Crippen LogP contribution in [0.2, 0.25) is 52.4 Å². The molecule has 0 radical (unpaired) electrons. The van der Waals surface area contributed by atoms with Crippen molar-refractivity contribution < 1.29 is 9.47 Å². The van der Waals surface area contributed by atoms with E-state index in [2.05, 4.69) is 153 Å². The van der Waals surface area contributed by atoms with E-state index in [0.29, 0.717) is 13.2 Å². The van der Waals surface area contributed by atoms with Crippen molar-refractivity contribution in [3.8, 4) is 11.5 Å². The molecule has 2 aromatic rings. The van der Waals surface area contributed by atoms with Crippen LogP contribution in [0.5, 0.6) is 11.5 Å². The molecule has 0 saturated heterocycles. The molecule has 0 saturated carbocycles. The Hall–Kier alpha value is -2.65. The molecule has 43 heavy (non-hydrogen) atoms. The fourth-order valence-electron chi connectivity index (χ4n) is 5.10. The Morgan fingerprint density at radius 3 is 0.930 bits per heavy atom. The first kappa shape index (κ1) is 36.5. The maximum atomic E-state index is 6.50. The van der Waals surface area contributed by atoms with Crippen molar-refractivity contribution in [2.24, 2.45) is 0 Å². The molecule has 0 bridgehead atoms. The highest BCUT2D eigenvalue weighted by Gasteiger charge is 2.38. The number of ether oxygens (including phenoxy) is 2. The van der Waals surface area contributed by atoms with Gasteiger partial charge in [0.15, 0.2) is 0 Å². The average molecular weight is 645 g/mol. The van der Waals surface area contributed by atoms with Gasteiger partial charge in [0.25, 0.3) is 0 Å². The Morgan fingerprint density at radius 1 is 0.512 bits per heavy atom. The Bertz CT molecular complexity index is 1220. The normalized spacial score (nSPS) is 12.7. The molecule has 2 aromatic carbocycles. The van der Waals surface area contributed by atoms with Gasteiger partial charge < -0.3 is 9.47 Å². The van der Waals surface area contributed by atoms with Crippen molar-refractivity contribution >= 4 is 53.0 Å². The molecule has 0 N–H and O–H groups in total. The van der Waals surface area contributed by atoms with E-state index in [1.54, 1.807) is 0 Å². The van der Waals surface area contributed by atoms with E-state index < -0.39 is 32.3 Å². The van der Waals surface area contributed by atoms with Crippen LogP contribution in [-0.4, -0.2) is 45.5 Å². The summed E-state index contributed by atoms with van der Waals surface area (Å²) < 4.78 is 13.0. The van der Waals surface area contributed by atoms with Gasteiger partial charge in [-0.15, -0.1) is 26.3 Å². The first-order valence-electron chi connectivity index (χ1n) is 15.2. The van der Waals surface area contributed by atoms with Gasteiger partial charge in [-0.1, -0.05) is 139 Å². The van der Waals surface area contributed by atoms with Crippen molar-refractivity contribution in [2.45, 2.75) is 71.6 Å². The fourth-order valence-corrected chi connectivity index (χ4v) is 11.5. The summed E-state index contributed by atoms with van der Waals surface area (Å²) in [5.41, 5.74) is 10.9. The quantitative estimate of drug-likeness (QED) is 0.138. The molecule has 0 unspecified atom stereocenters. The lowest BCUT2D eigenvalue weighted by atomic mass is 9.78. The number of benzene rings is 2. The van der Waals surface area contributed by atoms with Crippen LogP contribution in [0.25, 0.3) is 0 Å². The summed E-state index contributed by atoms with van der Waals surface area (Å²) in [5.74, 6) is 2.00. The van der Waals surface area contributed by atoms with E-state index in [1.165, 1.54) is 31.9 Å². The standard InChI is InChI=1S/C37H56O2Si4/c1-17-23-38-35-31(40(9,10)19-3)25-29(26-32(35)41(11,12)20-4)37(7,8)30-27-33(42(13,14)21-5)36(39-24-18-2)34(28-30)43(15,16)22-6/h17-22,25-28H,1-6,23-24H2,7-16H3. The predicted octanol–water partition coefficient (Wildman–Crippen LogP) is 7.70. The third-order valence-electron chi connectivity index (χ3n) is 9.13. The molecular formula is C37H56O2Si4. The summed E-state index contributed by atoms with van der Waals surface area (Å²) in [6, 6.07) is 9.60. The second kappa shape index (κ2) is 13.5. The highest BCUT2D eigenvalue weighted by molar-refractivity contribution is 6.98. The van der Waals surface area contributed by atoms with Crippen molar-refractivity contribution in [1.29, 1.82) is 0 Å². The lowest BCUT2D eigenvalue weighted by Gasteiger charge is -2.36. The second-order valence-corrected chi connectivity index (χ2v) is 31.9. The van der Waals surface area contributed by atoms with Gasteiger partial charge in [-0.3, -0.25) is 0 Å². The van der Waals surface area contributed by atoms with Gasteiger partial charge in [-0.05, 0) is 31.9 Å². The van der Waals surface area contributed by atoms with Crippen LogP contribution in [0.3, 0.4) is 0 Å². The van der Waals surface area contributed by atoms with Crippen LogP contribution < -0.4 is 30.2 Å². The Morgan fingerprint density at radius 2 is 0.744 bits per heavy atom. The lowest BCUT2D eigenvalue weighted by Crippen LogP contribution is -2.50. The topological polar surface area (TPSA) is 18.5 Å². The van der Waals surface area contributed by atoms with Crippen LogP contribution in [0.15, 0.2) is 98.7 Å². The molecule has 2 nitrogen and oxygen atoms in total. The van der Waals surface area contributed by atoms with Crippen LogP contribution in [0.1, 0.15) is 25.0 Å². The fraction of sp³-hybridized carbons (Fsp3) is 0.351. The van der Waals surface area contributed by atoms with Gasteiger partial charge in [0.2, 0.25) is 0 Å². The molecular weight excluding hydrogens is 589 g/mol. The molecule has 0 atom stereocenters. The van der Waals surface area contributed by atoms with Crippen LogP contribution in [0.4, 0.5) is 0 Å². The van der Waals surface area contributed by atoms with Crippen LogP contribution >= 0.6 is 0 Å². The summed E-state index contributed by atoms with van der Waals surface area (Å²) in [7, 11) is -8.20. The Balaban J connectivity index is 3.16. The van der Waals surface area contributed by atoms with E-state index >= 15 is 0 Å². The van der Waals surface area contributed by atoms with E-state index in [9.17, 15) is 0 Å². The van der Waals surface area contributed by atoms with Gasteiger partial charge >= 0.3 is 0 Å². The largest absolute Gasteiger partial charge is 0.490 e. The average Bonchev–Trinajstić information content (AvgIpc) is 2.97. The monoisotopic (exact) mass is 644 g/mol. The zero-order valence-corrected chi connectivity index (χ0v) is 32.7. The minimum absolute atomic E-state index is 0.310. The number of hydrogen-bond acceptors (Lipinski definition) is 2. The van der Waals surface area contributed by atoms with Gasteiger partial charge in [0, 0.05) is 5.41 Å². The molecule has 0 aliphatic carbocycles. The van der Waals surface area contributed by atoms with Gasteiger partial charge in [-0.2, -0.15) is 0 Å². The van der Waals surface area contributed by atoms with Gasteiger partial charge in [0.1, 0.15) is 57.0 Å². The molecule has 6 heteroatoms. The predicted molar refractivity (Wildman–Crippen MR) is 206 cm³/mol. The summed E-state index contributed by atoms with van der Waals surface area (Å²) in [4.78, 5) is 0. The summed E-state index contributed by atoms with van der Waals surface area (Å²) in [5, 5.41) is 5.11. The van der Waals surface area contributed by atoms with E-state index in [1.807, 2.05) is 12.2 Å². The molecule has 0 heterocycles. The smallest absolute Gasteiger partial charge is 0.119 e. The number of rotatable bonds is 16. The van der Waals surface area contributed by atoms with E-state index in [4.69, 9.17) is 9.47 Å².